The van der Waals surface area contributed by atoms with Gasteiger partial charge < -0.3 is 20.0 Å². The van der Waals surface area contributed by atoms with E-state index < -0.39 is 24.3 Å². The molecule has 3 rings (SSSR count). The number of fused-ring (bicyclic) bond motifs is 1. The molecule has 8 nitrogen and oxygen atoms in total. The second-order valence-corrected chi connectivity index (χ2v) is 7.49. The van der Waals surface area contributed by atoms with E-state index in [-0.39, 0.29) is 0 Å². The number of aromatic nitrogens is 2. The molecule has 1 fully saturated rings. The third-order valence-corrected chi connectivity index (χ3v) is 4.89. The lowest BCUT2D eigenvalue weighted by Crippen LogP contribution is -2.28. The molecule has 0 aromatic carbocycles. The van der Waals surface area contributed by atoms with Crippen LogP contribution < -0.4 is 4.90 Å². The second-order valence-electron chi connectivity index (χ2n) is 7.49. The molecule has 188 valence electrons. The van der Waals surface area contributed by atoms with Crippen molar-refractivity contribution in [1.82, 2.24) is 14.9 Å². The van der Waals surface area contributed by atoms with E-state index in [1.165, 1.54) is 37.2 Å². The fourth-order valence-electron chi connectivity index (χ4n) is 2.88. The number of nitrogens with zero attached hydrogens (tertiary/aromatic N) is 4. The summed E-state index contributed by atoms with van der Waals surface area (Å²) in [6.45, 7) is 6.79. The molecule has 2 heterocycles. The van der Waals surface area contributed by atoms with Crippen molar-refractivity contribution in [3.63, 3.8) is 0 Å². The van der Waals surface area contributed by atoms with Crippen LogP contribution in [0.4, 0.5) is 32.2 Å². The number of carbonyl (C=O) groups is 2. The highest BCUT2D eigenvalue weighted by molar-refractivity contribution is 5.73. The Morgan fingerprint density at radius 3 is 1.94 bits per heavy atom. The molecule has 2 aliphatic rings. The molecule has 0 saturated heterocycles. The van der Waals surface area contributed by atoms with Crippen LogP contribution in [0, 0.1) is 5.92 Å². The molecule has 1 saturated carbocycles. The zero-order valence-corrected chi connectivity index (χ0v) is 18.1. The highest BCUT2D eigenvalue weighted by Crippen LogP contribution is 2.31. The zero-order chi connectivity index (χ0) is 25.4. The minimum atomic E-state index is -5.08. The lowest BCUT2D eigenvalue weighted by Gasteiger charge is -2.20. The van der Waals surface area contributed by atoms with Crippen molar-refractivity contribution < 1.29 is 46.1 Å². The SMILES string of the molecule is CCN(C)c1ncnc2c1CCN(CC1CC1)CC2.O=C(O)C(F)(F)F.O=C(O)C(F)(F)F. The van der Waals surface area contributed by atoms with Gasteiger partial charge in [0.25, 0.3) is 0 Å². The predicted molar refractivity (Wildman–Crippen MR) is 105 cm³/mol. The largest absolute Gasteiger partial charge is 0.490 e. The average Bonchev–Trinajstić information content (AvgIpc) is 3.54. The summed E-state index contributed by atoms with van der Waals surface area (Å²) in [5, 5.41) is 14.2. The number of aliphatic carboxylic acids is 2. The van der Waals surface area contributed by atoms with E-state index in [9.17, 15) is 26.3 Å². The molecule has 2 N–H and O–H groups in total. The summed E-state index contributed by atoms with van der Waals surface area (Å²) in [6.07, 6.45) is -3.38. The van der Waals surface area contributed by atoms with E-state index in [0.29, 0.717) is 0 Å². The van der Waals surface area contributed by atoms with Crippen molar-refractivity contribution in [3.8, 4) is 0 Å². The van der Waals surface area contributed by atoms with Gasteiger partial charge in [-0.25, -0.2) is 19.6 Å². The fraction of sp³-hybridized carbons (Fsp3) is 0.684. The first-order valence-electron chi connectivity index (χ1n) is 10.0. The summed E-state index contributed by atoms with van der Waals surface area (Å²) in [5.41, 5.74) is 2.65. The summed E-state index contributed by atoms with van der Waals surface area (Å²) in [4.78, 5) is 31.7. The van der Waals surface area contributed by atoms with E-state index in [1.54, 1.807) is 6.33 Å². The number of rotatable bonds is 4. The Kier molecular flexibility index (Phi) is 10.3. The molecule has 0 atom stereocenters. The lowest BCUT2D eigenvalue weighted by molar-refractivity contribution is -0.193. The van der Waals surface area contributed by atoms with Gasteiger partial charge in [0.05, 0.1) is 5.69 Å². The van der Waals surface area contributed by atoms with Crippen LogP contribution in [0.15, 0.2) is 6.33 Å². The quantitative estimate of drug-likeness (QED) is 0.623. The smallest absolute Gasteiger partial charge is 0.475 e. The Labute approximate surface area is 186 Å². The van der Waals surface area contributed by atoms with Gasteiger partial charge in [0.1, 0.15) is 12.1 Å². The first-order chi connectivity index (χ1) is 15.2. The Balaban J connectivity index is 0.000000324. The van der Waals surface area contributed by atoms with Crippen LogP contribution in [0.5, 0.6) is 0 Å². The minimum absolute atomic E-state index is 0.977. The highest BCUT2D eigenvalue weighted by Gasteiger charge is 2.38. The fourth-order valence-corrected chi connectivity index (χ4v) is 2.88. The first kappa shape index (κ1) is 28.4. The van der Waals surface area contributed by atoms with Crippen LogP contribution in [0.2, 0.25) is 0 Å². The normalized spacial score (nSPS) is 16.2. The maximum atomic E-state index is 10.6. The van der Waals surface area contributed by atoms with Gasteiger partial charge in [-0.3, -0.25) is 0 Å². The molecular weight excluding hydrogens is 462 g/mol. The minimum Gasteiger partial charge on any atom is -0.475 e. The van der Waals surface area contributed by atoms with E-state index in [0.717, 1.165) is 37.7 Å². The first-order valence-corrected chi connectivity index (χ1v) is 10.0. The van der Waals surface area contributed by atoms with Crippen molar-refractivity contribution in [2.75, 3.05) is 38.1 Å². The average molecular weight is 488 g/mol. The number of alkyl halides is 6. The van der Waals surface area contributed by atoms with Gasteiger partial charge in [0, 0.05) is 45.2 Å². The summed E-state index contributed by atoms with van der Waals surface area (Å²) in [6, 6.07) is 0. The van der Waals surface area contributed by atoms with Gasteiger partial charge in [-0.1, -0.05) is 0 Å². The molecule has 1 aromatic rings. The molecular formula is C19H26F6N4O4. The van der Waals surface area contributed by atoms with Crippen molar-refractivity contribution in [1.29, 1.82) is 0 Å². The molecule has 0 radical (unpaired) electrons. The maximum Gasteiger partial charge on any atom is 0.490 e. The highest BCUT2D eigenvalue weighted by atomic mass is 19.4. The molecule has 0 unspecified atom stereocenters. The van der Waals surface area contributed by atoms with Crippen molar-refractivity contribution >= 4 is 17.8 Å². The predicted octanol–water partition coefficient (Wildman–Crippen LogP) is 3.01. The van der Waals surface area contributed by atoms with Crippen molar-refractivity contribution in [3.05, 3.63) is 17.6 Å². The number of anilines is 1. The van der Waals surface area contributed by atoms with Crippen molar-refractivity contribution in [2.45, 2.75) is 45.0 Å². The topological polar surface area (TPSA) is 107 Å². The van der Waals surface area contributed by atoms with Crippen LogP contribution in [0.3, 0.4) is 0 Å². The Morgan fingerprint density at radius 1 is 1.03 bits per heavy atom. The Bertz CT molecular complexity index is 775. The second kappa shape index (κ2) is 12.0. The number of carboxylic acids is 2. The van der Waals surface area contributed by atoms with E-state index in [4.69, 9.17) is 19.8 Å². The van der Waals surface area contributed by atoms with Gasteiger partial charge >= 0.3 is 24.3 Å². The maximum absolute atomic E-state index is 10.6. The van der Waals surface area contributed by atoms with E-state index in [2.05, 4.69) is 33.7 Å². The van der Waals surface area contributed by atoms with Crippen LogP contribution in [0.25, 0.3) is 0 Å². The van der Waals surface area contributed by atoms with Gasteiger partial charge in [-0.05, 0) is 32.1 Å². The molecule has 0 spiro atoms. The van der Waals surface area contributed by atoms with Gasteiger partial charge in [-0.2, -0.15) is 26.3 Å². The number of carboxylic acid groups (broad SMARTS) is 2. The van der Waals surface area contributed by atoms with E-state index >= 15 is 0 Å². The van der Waals surface area contributed by atoms with Gasteiger partial charge in [-0.15, -0.1) is 0 Å². The summed E-state index contributed by atoms with van der Waals surface area (Å²) in [5.74, 6) is -3.40. The van der Waals surface area contributed by atoms with Crippen LogP contribution >= 0.6 is 0 Å². The number of hydrogen-bond acceptors (Lipinski definition) is 6. The molecule has 1 aromatic heterocycles. The molecule has 14 heteroatoms. The summed E-state index contributed by atoms with van der Waals surface area (Å²) < 4.78 is 63.5. The number of halogens is 6. The Hall–Kier alpha value is -2.64. The molecule has 0 amide bonds. The number of hydrogen-bond donors (Lipinski definition) is 2. The van der Waals surface area contributed by atoms with Gasteiger partial charge in [0.15, 0.2) is 0 Å². The third-order valence-electron chi connectivity index (χ3n) is 4.89. The standard InChI is InChI=1S/C15H24N4.2C2HF3O2/c1-3-18(2)15-13-6-8-19(10-12-4-5-12)9-7-14(13)16-11-17-15;2*3-2(4,5)1(6)7/h11-12H,3-10H2,1-2H3;2*(H,6,7). The third kappa shape index (κ3) is 10.2. The monoisotopic (exact) mass is 488 g/mol. The summed E-state index contributed by atoms with van der Waals surface area (Å²) in [7, 11) is 2.12. The Morgan fingerprint density at radius 2 is 1.52 bits per heavy atom. The molecule has 1 aliphatic heterocycles. The summed E-state index contributed by atoms with van der Waals surface area (Å²) >= 11 is 0. The van der Waals surface area contributed by atoms with E-state index in [1.807, 2.05) is 0 Å². The zero-order valence-electron chi connectivity index (χ0n) is 18.1. The molecule has 1 aliphatic carbocycles. The van der Waals surface area contributed by atoms with Crippen LogP contribution in [0.1, 0.15) is 31.0 Å². The van der Waals surface area contributed by atoms with Crippen LogP contribution in [-0.2, 0) is 22.4 Å². The molecule has 0 bridgehead atoms. The van der Waals surface area contributed by atoms with Gasteiger partial charge in [0.2, 0.25) is 0 Å². The molecule has 33 heavy (non-hydrogen) atoms. The van der Waals surface area contributed by atoms with Crippen molar-refractivity contribution in [2.24, 2.45) is 5.92 Å². The lowest BCUT2D eigenvalue weighted by atomic mass is 10.1. The van der Waals surface area contributed by atoms with Crippen LogP contribution in [-0.4, -0.2) is 82.6 Å².